The van der Waals surface area contributed by atoms with Gasteiger partial charge in [0.25, 0.3) is 5.91 Å². The zero-order valence-electron chi connectivity index (χ0n) is 13.3. The van der Waals surface area contributed by atoms with Gasteiger partial charge in [0.15, 0.2) is 5.82 Å². The van der Waals surface area contributed by atoms with Crippen LogP contribution >= 0.6 is 0 Å². The third-order valence-corrected chi connectivity index (χ3v) is 3.37. The molecule has 2 amide bonds. The van der Waals surface area contributed by atoms with Crippen molar-refractivity contribution in [3.05, 3.63) is 34.4 Å². The van der Waals surface area contributed by atoms with Crippen molar-refractivity contribution < 1.29 is 9.59 Å². The second-order valence-electron chi connectivity index (χ2n) is 5.29. The number of nitroso groups, excluding NO2 is 1. The topological polar surface area (TPSA) is 98.7 Å². The number of amides is 2. The lowest BCUT2D eigenvalue weighted by atomic mass is 10.1. The van der Waals surface area contributed by atoms with Gasteiger partial charge in [-0.25, -0.2) is 4.98 Å². The van der Waals surface area contributed by atoms with E-state index in [9.17, 15) is 14.5 Å². The second kappa shape index (κ2) is 6.39. The highest BCUT2D eigenvalue weighted by molar-refractivity contribution is 5.99. The Morgan fingerprint density at radius 1 is 1.30 bits per heavy atom. The summed E-state index contributed by atoms with van der Waals surface area (Å²) < 4.78 is 0. The molecule has 2 rings (SSSR count). The molecule has 8 nitrogen and oxygen atoms in total. The first kappa shape index (κ1) is 16.3. The molecule has 1 aromatic heterocycles. The highest BCUT2D eigenvalue weighted by Gasteiger charge is 2.22. The van der Waals surface area contributed by atoms with E-state index in [2.05, 4.69) is 15.1 Å². The number of benzene rings is 1. The van der Waals surface area contributed by atoms with Crippen molar-refractivity contribution in [2.45, 2.75) is 6.92 Å². The molecular weight excluding hydrogens is 298 g/mol. The molecule has 0 saturated carbocycles. The van der Waals surface area contributed by atoms with Crippen LogP contribution in [0, 0.1) is 11.8 Å². The van der Waals surface area contributed by atoms with Gasteiger partial charge >= 0.3 is 0 Å². The van der Waals surface area contributed by atoms with Crippen LogP contribution in [0.15, 0.2) is 23.4 Å². The van der Waals surface area contributed by atoms with Crippen LogP contribution in [0.25, 0.3) is 11.4 Å². The van der Waals surface area contributed by atoms with E-state index in [1.54, 1.807) is 39.2 Å². The Bertz CT molecular complexity index is 766. The van der Waals surface area contributed by atoms with Gasteiger partial charge in [-0.05, 0) is 35.9 Å². The number of nitrogens with one attached hydrogen (secondary N) is 1. The largest absolute Gasteiger partial charge is 0.343 e. The van der Waals surface area contributed by atoms with Crippen LogP contribution < -0.4 is 4.90 Å². The lowest BCUT2D eigenvalue weighted by Crippen LogP contribution is -2.25. The number of carbonyl (C=O) groups excluding carboxylic acids is 2. The van der Waals surface area contributed by atoms with E-state index < -0.39 is 0 Å². The molecular formula is C15H17N5O3. The fraction of sp³-hybridized carbons (Fsp3) is 0.267. The zero-order valence-corrected chi connectivity index (χ0v) is 13.3. The summed E-state index contributed by atoms with van der Waals surface area (Å²) in [5.41, 5.74) is 1.94. The van der Waals surface area contributed by atoms with E-state index in [1.807, 2.05) is 0 Å². The summed E-state index contributed by atoms with van der Waals surface area (Å²) >= 11 is 0. The Kier molecular flexibility index (Phi) is 4.54. The SMILES string of the molecule is Cc1cc(-c2nc(N(C)C=O)c(C(=O)N(C)C)[nH]2)ccc1N=O. The molecule has 120 valence electrons. The summed E-state index contributed by atoms with van der Waals surface area (Å²) in [5, 5.41) is 2.92. The number of aromatic amines is 1. The van der Waals surface area contributed by atoms with Crippen LogP contribution in [-0.4, -0.2) is 48.3 Å². The van der Waals surface area contributed by atoms with E-state index in [-0.39, 0.29) is 17.4 Å². The molecule has 0 fully saturated rings. The van der Waals surface area contributed by atoms with Gasteiger partial charge in [0.1, 0.15) is 17.2 Å². The molecule has 0 aliphatic heterocycles. The van der Waals surface area contributed by atoms with Crippen LogP contribution in [0.5, 0.6) is 0 Å². The molecule has 2 aromatic rings. The first-order valence-electron chi connectivity index (χ1n) is 6.83. The quantitative estimate of drug-likeness (QED) is 0.674. The van der Waals surface area contributed by atoms with Gasteiger partial charge in [0, 0.05) is 26.7 Å². The number of nitrogens with zero attached hydrogens (tertiary/aromatic N) is 4. The van der Waals surface area contributed by atoms with Crippen LogP contribution in [-0.2, 0) is 4.79 Å². The van der Waals surface area contributed by atoms with Crippen LogP contribution in [0.3, 0.4) is 0 Å². The predicted octanol–water partition coefficient (Wildman–Crippen LogP) is 2.08. The molecule has 8 heteroatoms. The number of imidazole rings is 1. The molecule has 0 bridgehead atoms. The number of rotatable bonds is 5. The van der Waals surface area contributed by atoms with Gasteiger partial charge in [-0.1, -0.05) is 0 Å². The minimum Gasteiger partial charge on any atom is -0.343 e. The Labute approximate surface area is 133 Å². The van der Waals surface area contributed by atoms with Crippen LogP contribution in [0.4, 0.5) is 11.5 Å². The minimum atomic E-state index is -0.296. The Hall–Kier alpha value is -3.03. The Morgan fingerprint density at radius 2 is 2.00 bits per heavy atom. The fourth-order valence-corrected chi connectivity index (χ4v) is 2.08. The van der Waals surface area contributed by atoms with Crippen LogP contribution in [0.2, 0.25) is 0 Å². The lowest BCUT2D eigenvalue weighted by molar-refractivity contribution is -0.107. The van der Waals surface area contributed by atoms with Gasteiger partial charge in [-0.2, -0.15) is 0 Å². The second-order valence-corrected chi connectivity index (χ2v) is 5.29. The monoisotopic (exact) mass is 315 g/mol. The van der Waals surface area contributed by atoms with Gasteiger partial charge < -0.3 is 14.8 Å². The number of anilines is 1. The molecule has 0 aliphatic rings. The maximum Gasteiger partial charge on any atom is 0.273 e. The normalized spacial score (nSPS) is 10.3. The molecule has 0 radical (unpaired) electrons. The molecule has 0 atom stereocenters. The zero-order chi connectivity index (χ0) is 17.1. The number of aryl methyl sites for hydroxylation is 1. The van der Waals surface area contributed by atoms with Crippen molar-refractivity contribution in [3.63, 3.8) is 0 Å². The van der Waals surface area contributed by atoms with Gasteiger partial charge in [0.2, 0.25) is 6.41 Å². The number of H-pyrrole nitrogens is 1. The maximum absolute atomic E-state index is 12.3. The van der Waals surface area contributed by atoms with E-state index in [0.29, 0.717) is 29.0 Å². The molecule has 1 N–H and O–H groups in total. The lowest BCUT2D eigenvalue weighted by Gasteiger charge is -2.12. The number of aromatic nitrogens is 2. The van der Waals surface area contributed by atoms with E-state index in [0.717, 1.165) is 0 Å². The van der Waals surface area contributed by atoms with Gasteiger partial charge in [-0.15, -0.1) is 4.91 Å². The van der Waals surface area contributed by atoms with Crippen molar-refractivity contribution in [1.29, 1.82) is 0 Å². The molecule has 23 heavy (non-hydrogen) atoms. The molecule has 1 heterocycles. The molecule has 1 aromatic carbocycles. The number of carbonyl (C=O) groups is 2. The summed E-state index contributed by atoms with van der Waals surface area (Å²) in [6.07, 6.45) is 0.580. The van der Waals surface area contributed by atoms with E-state index in [4.69, 9.17) is 0 Å². The molecule has 0 aliphatic carbocycles. The van der Waals surface area contributed by atoms with Crippen molar-refractivity contribution in [3.8, 4) is 11.4 Å². The van der Waals surface area contributed by atoms with Gasteiger partial charge in [-0.3, -0.25) is 9.59 Å². The summed E-state index contributed by atoms with van der Waals surface area (Å²) in [6, 6.07) is 5.00. The average Bonchev–Trinajstić information content (AvgIpc) is 2.98. The first-order valence-corrected chi connectivity index (χ1v) is 6.83. The van der Waals surface area contributed by atoms with Crippen LogP contribution in [0.1, 0.15) is 16.1 Å². The highest BCUT2D eigenvalue weighted by atomic mass is 16.3. The van der Waals surface area contributed by atoms with Crippen molar-refractivity contribution in [2.75, 3.05) is 26.0 Å². The summed E-state index contributed by atoms with van der Waals surface area (Å²) in [4.78, 5) is 43.8. The predicted molar refractivity (Wildman–Crippen MR) is 86.7 cm³/mol. The van der Waals surface area contributed by atoms with E-state index in [1.165, 1.54) is 16.8 Å². The number of hydrogen-bond donors (Lipinski definition) is 1. The van der Waals surface area contributed by atoms with Crippen molar-refractivity contribution >= 4 is 23.8 Å². The maximum atomic E-state index is 12.3. The van der Waals surface area contributed by atoms with Crippen molar-refractivity contribution in [2.24, 2.45) is 5.18 Å². The molecule has 0 spiro atoms. The third-order valence-electron chi connectivity index (χ3n) is 3.37. The summed E-state index contributed by atoms with van der Waals surface area (Å²) in [5.74, 6) is 0.374. The highest BCUT2D eigenvalue weighted by Crippen LogP contribution is 2.28. The standard InChI is InChI=1S/C15H17N5O3/c1-9-7-10(5-6-11(9)18-23)13-16-12(15(22)19(2)3)14(17-13)20(4)8-21/h5-8H,1-4H3,(H,16,17). The number of hydrogen-bond acceptors (Lipinski definition) is 5. The summed E-state index contributed by atoms with van der Waals surface area (Å²) in [6.45, 7) is 1.76. The average molecular weight is 315 g/mol. The van der Waals surface area contributed by atoms with E-state index >= 15 is 0 Å². The smallest absolute Gasteiger partial charge is 0.273 e. The van der Waals surface area contributed by atoms with Crippen molar-refractivity contribution in [1.82, 2.24) is 14.9 Å². The fourth-order valence-electron chi connectivity index (χ4n) is 2.08. The van der Waals surface area contributed by atoms with Gasteiger partial charge in [0.05, 0.1) is 0 Å². The Balaban J connectivity index is 2.56. The molecule has 0 saturated heterocycles. The summed E-state index contributed by atoms with van der Waals surface area (Å²) in [7, 11) is 4.74. The minimum absolute atomic E-state index is 0.217. The molecule has 0 unspecified atom stereocenters. The third kappa shape index (κ3) is 3.10. The Morgan fingerprint density at radius 3 is 2.52 bits per heavy atom. The first-order chi connectivity index (χ1) is 10.9.